The average Bonchev–Trinajstić information content (AvgIpc) is 2.48. The molecule has 0 saturated heterocycles. The monoisotopic (exact) mass is 282 g/mol. The second kappa shape index (κ2) is 5.51. The zero-order chi connectivity index (χ0) is 13.9. The van der Waals surface area contributed by atoms with Crippen LogP contribution in [0.2, 0.25) is 5.02 Å². The van der Waals surface area contributed by atoms with E-state index < -0.39 is 0 Å². The SMILES string of the molecule is Cc1ccc(Cl)cc1NCc1cccc2cccnc12. The molecule has 0 amide bonds. The van der Waals surface area contributed by atoms with E-state index in [4.69, 9.17) is 11.6 Å². The van der Waals surface area contributed by atoms with E-state index in [0.717, 1.165) is 28.2 Å². The largest absolute Gasteiger partial charge is 0.381 e. The Hall–Kier alpha value is -2.06. The first-order chi connectivity index (χ1) is 9.74. The minimum Gasteiger partial charge on any atom is -0.381 e. The van der Waals surface area contributed by atoms with Gasteiger partial charge in [0.1, 0.15) is 0 Å². The van der Waals surface area contributed by atoms with Crippen LogP contribution >= 0.6 is 11.6 Å². The van der Waals surface area contributed by atoms with Crippen LogP contribution in [0.1, 0.15) is 11.1 Å². The summed E-state index contributed by atoms with van der Waals surface area (Å²) in [7, 11) is 0. The molecule has 0 aliphatic rings. The molecule has 3 aromatic rings. The van der Waals surface area contributed by atoms with Crippen molar-refractivity contribution in [2.24, 2.45) is 0 Å². The molecule has 0 radical (unpaired) electrons. The van der Waals surface area contributed by atoms with Crippen LogP contribution in [0.15, 0.2) is 54.7 Å². The molecule has 0 atom stereocenters. The molecule has 0 fully saturated rings. The van der Waals surface area contributed by atoms with E-state index in [1.54, 1.807) is 0 Å². The number of aromatic nitrogens is 1. The van der Waals surface area contributed by atoms with Crippen molar-refractivity contribution in [1.82, 2.24) is 4.98 Å². The number of para-hydroxylation sites is 1. The van der Waals surface area contributed by atoms with Gasteiger partial charge in [0.15, 0.2) is 0 Å². The Morgan fingerprint density at radius 1 is 1.10 bits per heavy atom. The van der Waals surface area contributed by atoms with Crippen LogP contribution in [0.5, 0.6) is 0 Å². The third kappa shape index (κ3) is 2.61. The van der Waals surface area contributed by atoms with Crippen molar-refractivity contribution in [3.8, 4) is 0 Å². The minimum atomic E-state index is 0.732. The maximum absolute atomic E-state index is 6.04. The van der Waals surface area contributed by atoms with Crippen LogP contribution < -0.4 is 5.32 Å². The number of hydrogen-bond donors (Lipinski definition) is 1. The molecule has 0 aliphatic carbocycles. The highest BCUT2D eigenvalue weighted by molar-refractivity contribution is 6.30. The molecule has 3 rings (SSSR count). The summed E-state index contributed by atoms with van der Waals surface area (Å²) in [6.45, 7) is 2.80. The van der Waals surface area contributed by atoms with Gasteiger partial charge in [-0.2, -0.15) is 0 Å². The van der Waals surface area contributed by atoms with Gasteiger partial charge in [-0.05, 0) is 36.2 Å². The molecule has 3 heteroatoms. The summed E-state index contributed by atoms with van der Waals surface area (Å²) in [6, 6.07) is 16.2. The molecule has 2 aromatic carbocycles. The molecule has 20 heavy (non-hydrogen) atoms. The van der Waals surface area contributed by atoms with Gasteiger partial charge in [0.2, 0.25) is 0 Å². The number of nitrogens with zero attached hydrogens (tertiary/aromatic N) is 1. The lowest BCUT2D eigenvalue weighted by molar-refractivity contribution is 1.14. The number of halogens is 1. The van der Waals surface area contributed by atoms with E-state index in [2.05, 4.69) is 41.5 Å². The molecule has 0 saturated carbocycles. The Balaban J connectivity index is 1.89. The highest BCUT2D eigenvalue weighted by Gasteiger charge is 2.03. The van der Waals surface area contributed by atoms with Gasteiger partial charge in [0.25, 0.3) is 0 Å². The highest BCUT2D eigenvalue weighted by Crippen LogP contribution is 2.22. The van der Waals surface area contributed by atoms with Crippen LogP contribution in [0.25, 0.3) is 10.9 Å². The minimum absolute atomic E-state index is 0.732. The lowest BCUT2D eigenvalue weighted by Crippen LogP contribution is -2.02. The normalized spacial score (nSPS) is 10.7. The second-order valence-corrected chi connectivity index (χ2v) is 5.24. The number of aryl methyl sites for hydroxylation is 1. The van der Waals surface area contributed by atoms with E-state index in [1.165, 1.54) is 11.1 Å². The summed E-state index contributed by atoms with van der Waals surface area (Å²) >= 11 is 6.04. The number of nitrogens with one attached hydrogen (secondary N) is 1. The molecular weight excluding hydrogens is 268 g/mol. The molecule has 0 bridgehead atoms. The quantitative estimate of drug-likeness (QED) is 0.746. The number of rotatable bonds is 3. The molecule has 1 N–H and O–H groups in total. The van der Waals surface area contributed by atoms with E-state index >= 15 is 0 Å². The fourth-order valence-corrected chi connectivity index (χ4v) is 2.46. The molecule has 2 nitrogen and oxygen atoms in total. The second-order valence-electron chi connectivity index (χ2n) is 4.81. The van der Waals surface area contributed by atoms with Crippen molar-refractivity contribution in [1.29, 1.82) is 0 Å². The maximum atomic E-state index is 6.04. The van der Waals surface area contributed by atoms with Gasteiger partial charge in [-0.25, -0.2) is 0 Å². The van der Waals surface area contributed by atoms with Crippen molar-refractivity contribution in [2.75, 3.05) is 5.32 Å². The Labute approximate surface area is 123 Å². The summed E-state index contributed by atoms with van der Waals surface area (Å²) in [5.74, 6) is 0. The molecule has 1 heterocycles. The molecular formula is C17H15ClN2. The molecule has 0 aliphatic heterocycles. The fourth-order valence-electron chi connectivity index (χ4n) is 2.29. The maximum Gasteiger partial charge on any atom is 0.0751 e. The van der Waals surface area contributed by atoms with Gasteiger partial charge >= 0.3 is 0 Å². The van der Waals surface area contributed by atoms with Crippen molar-refractivity contribution in [2.45, 2.75) is 13.5 Å². The summed E-state index contributed by atoms with van der Waals surface area (Å²) in [4.78, 5) is 4.47. The third-order valence-corrected chi connectivity index (χ3v) is 3.62. The molecule has 0 spiro atoms. The van der Waals surface area contributed by atoms with E-state index in [9.17, 15) is 0 Å². The van der Waals surface area contributed by atoms with Gasteiger partial charge in [0.05, 0.1) is 5.52 Å². The Morgan fingerprint density at radius 2 is 1.95 bits per heavy atom. The predicted octanol–water partition coefficient (Wildman–Crippen LogP) is 4.81. The van der Waals surface area contributed by atoms with Crippen molar-refractivity contribution < 1.29 is 0 Å². The van der Waals surface area contributed by atoms with Crippen molar-refractivity contribution >= 4 is 28.2 Å². The van der Waals surface area contributed by atoms with Crippen LogP contribution in [0.4, 0.5) is 5.69 Å². The van der Waals surface area contributed by atoms with Crippen molar-refractivity contribution in [3.05, 3.63) is 70.9 Å². The van der Waals surface area contributed by atoms with Gasteiger partial charge in [0, 0.05) is 28.8 Å². The average molecular weight is 283 g/mol. The number of pyridine rings is 1. The standard InChI is InChI=1S/C17H15ClN2/c1-12-7-8-15(18)10-16(12)20-11-14-5-2-4-13-6-3-9-19-17(13)14/h2-10,20H,11H2,1H3. The van der Waals surface area contributed by atoms with Gasteiger partial charge < -0.3 is 5.32 Å². The highest BCUT2D eigenvalue weighted by atomic mass is 35.5. The number of anilines is 1. The lowest BCUT2D eigenvalue weighted by atomic mass is 10.1. The fraction of sp³-hybridized carbons (Fsp3) is 0.118. The third-order valence-electron chi connectivity index (χ3n) is 3.39. The lowest BCUT2D eigenvalue weighted by Gasteiger charge is -2.11. The van der Waals surface area contributed by atoms with Gasteiger partial charge in [-0.15, -0.1) is 0 Å². The summed E-state index contributed by atoms with van der Waals surface area (Å²) in [5.41, 5.74) is 4.47. The van der Waals surface area contributed by atoms with Crippen LogP contribution in [-0.4, -0.2) is 4.98 Å². The van der Waals surface area contributed by atoms with E-state index in [0.29, 0.717) is 0 Å². The van der Waals surface area contributed by atoms with E-state index in [1.807, 2.05) is 30.5 Å². The number of benzene rings is 2. The first-order valence-electron chi connectivity index (χ1n) is 6.57. The molecule has 0 unspecified atom stereocenters. The molecule has 1 aromatic heterocycles. The predicted molar refractivity (Wildman–Crippen MR) is 85.3 cm³/mol. The Kier molecular flexibility index (Phi) is 3.57. The first-order valence-corrected chi connectivity index (χ1v) is 6.94. The summed E-state index contributed by atoms with van der Waals surface area (Å²) < 4.78 is 0. The summed E-state index contributed by atoms with van der Waals surface area (Å²) in [5, 5.41) is 5.34. The zero-order valence-electron chi connectivity index (χ0n) is 11.2. The van der Waals surface area contributed by atoms with Gasteiger partial charge in [-0.1, -0.05) is 41.9 Å². The Morgan fingerprint density at radius 3 is 2.85 bits per heavy atom. The van der Waals surface area contributed by atoms with Gasteiger partial charge in [-0.3, -0.25) is 4.98 Å². The smallest absolute Gasteiger partial charge is 0.0751 e. The summed E-state index contributed by atoms with van der Waals surface area (Å²) in [6.07, 6.45) is 1.83. The van der Waals surface area contributed by atoms with Crippen LogP contribution in [-0.2, 0) is 6.54 Å². The first kappa shape index (κ1) is 12.9. The topological polar surface area (TPSA) is 24.9 Å². The number of fused-ring (bicyclic) bond motifs is 1. The van der Waals surface area contributed by atoms with Crippen LogP contribution in [0.3, 0.4) is 0 Å². The zero-order valence-corrected chi connectivity index (χ0v) is 12.0. The number of hydrogen-bond acceptors (Lipinski definition) is 2. The van der Waals surface area contributed by atoms with Crippen LogP contribution in [0, 0.1) is 6.92 Å². The Bertz CT molecular complexity index is 748. The van der Waals surface area contributed by atoms with Crippen molar-refractivity contribution in [3.63, 3.8) is 0 Å². The molecule has 100 valence electrons. The van der Waals surface area contributed by atoms with E-state index in [-0.39, 0.29) is 0 Å².